The van der Waals surface area contributed by atoms with Gasteiger partial charge in [-0.25, -0.2) is 4.99 Å². The quantitative estimate of drug-likeness (QED) is 0.351. The number of aliphatic imine (C=N–C) groups is 1. The topological polar surface area (TPSA) is 77.0 Å². The van der Waals surface area contributed by atoms with Crippen molar-refractivity contribution in [2.75, 3.05) is 39.3 Å². The summed E-state index contributed by atoms with van der Waals surface area (Å²) in [4.78, 5) is 32.8. The van der Waals surface area contributed by atoms with Crippen LogP contribution in [-0.4, -0.2) is 66.8 Å². The van der Waals surface area contributed by atoms with E-state index in [1.54, 1.807) is 4.90 Å². The highest BCUT2D eigenvalue weighted by atomic mass is 127. The second-order valence-corrected chi connectivity index (χ2v) is 8.28. The first-order valence-corrected chi connectivity index (χ1v) is 10.6. The molecule has 1 aromatic rings. The van der Waals surface area contributed by atoms with E-state index >= 15 is 0 Å². The maximum Gasteiger partial charge on any atom is 0.254 e. The first-order chi connectivity index (χ1) is 13.9. The Kier molecular flexibility index (Phi) is 8.93. The third-order valence-corrected chi connectivity index (χ3v) is 5.98. The molecule has 2 amide bonds. The second-order valence-electron chi connectivity index (χ2n) is 8.28. The molecule has 0 aromatic heterocycles. The molecule has 2 aliphatic heterocycles. The highest BCUT2D eigenvalue weighted by Crippen LogP contribution is 2.32. The molecule has 1 aromatic carbocycles. The number of likely N-dealkylation sites (tertiary alicyclic amines) is 1. The Labute approximate surface area is 196 Å². The van der Waals surface area contributed by atoms with Gasteiger partial charge in [0.15, 0.2) is 5.96 Å². The van der Waals surface area contributed by atoms with E-state index in [0.29, 0.717) is 30.6 Å². The van der Waals surface area contributed by atoms with E-state index in [2.05, 4.69) is 36.3 Å². The molecule has 8 heteroatoms. The standard InChI is InChI=1S/C22H33N5O2.HI/c1-4-22(3)10-12-27(16-22)21(23-5-2)25-14-17-6-8-18(9-7-17)20(29)26-13-11-24-19(28)15-26;/h6-9H,4-5,10-16H2,1-3H3,(H,23,25)(H,24,28);1H. The van der Waals surface area contributed by atoms with Crippen molar-refractivity contribution < 1.29 is 9.59 Å². The van der Waals surface area contributed by atoms with Gasteiger partial charge in [0.2, 0.25) is 5.91 Å². The van der Waals surface area contributed by atoms with Crippen molar-refractivity contribution in [3.05, 3.63) is 35.4 Å². The van der Waals surface area contributed by atoms with Crippen LogP contribution in [0.2, 0.25) is 0 Å². The van der Waals surface area contributed by atoms with Gasteiger partial charge in [0.1, 0.15) is 0 Å². The number of carbonyl (C=O) groups is 2. The van der Waals surface area contributed by atoms with Gasteiger partial charge in [-0.2, -0.15) is 0 Å². The molecular weight excluding hydrogens is 493 g/mol. The summed E-state index contributed by atoms with van der Waals surface area (Å²) >= 11 is 0. The van der Waals surface area contributed by atoms with Crippen molar-refractivity contribution >= 4 is 41.8 Å². The molecule has 0 bridgehead atoms. The van der Waals surface area contributed by atoms with Crippen molar-refractivity contribution in [2.24, 2.45) is 10.4 Å². The first kappa shape index (κ1) is 24.4. The van der Waals surface area contributed by atoms with Gasteiger partial charge in [-0.1, -0.05) is 26.0 Å². The van der Waals surface area contributed by atoms with Gasteiger partial charge in [-0.3, -0.25) is 9.59 Å². The van der Waals surface area contributed by atoms with Gasteiger partial charge in [-0.15, -0.1) is 24.0 Å². The van der Waals surface area contributed by atoms with E-state index < -0.39 is 0 Å². The summed E-state index contributed by atoms with van der Waals surface area (Å²) in [7, 11) is 0. The monoisotopic (exact) mass is 527 g/mol. The lowest BCUT2D eigenvalue weighted by Crippen LogP contribution is -2.49. The van der Waals surface area contributed by atoms with Crippen LogP contribution >= 0.6 is 24.0 Å². The van der Waals surface area contributed by atoms with Crippen LogP contribution < -0.4 is 10.6 Å². The molecule has 2 fully saturated rings. The summed E-state index contributed by atoms with van der Waals surface area (Å²) < 4.78 is 0. The lowest BCUT2D eigenvalue weighted by atomic mass is 9.87. The van der Waals surface area contributed by atoms with Crippen molar-refractivity contribution in [3.8, 4) is 0 Å². The number of hydrogen-bond acceptors (Lipinski definition) is 3. The molecule has 0 aliphatic carbocycles. The number of halogens is 1. The second kappa shape index (κ2) is 11.0. The summed E-state index contributed by atoms with van der Waals surface area (Å²) in [5.74, 6) is 0.760. The number of benzene rings is 1. The average Bonchev–Trinajstić information content (AvgIpc) is 3.13. The number of carbonyl (C=O) groups excluding carboxylic acids is 2. The number of rotatable bonds is 5. The number of guanidine groups is 1. The zero-order valence-corrected chi connectivity index (χ0v) is 20.6. The van der Waals surface area contributed by atoms with Crippen LogP contribution in [0.25, 0.3) is 0 Å². The SMILES string of the molecule is CCNC(=NCc1ccc(C(=O)N2CCNC(=O)C2)cc1)N1CCC(C)(CC)C1.I. The lowest BCUT2D eigenvalue weighted by Gasteiger charge is -2.26. The predicted octanol–water partition coefficient (Wildman–Crippen LogP) is 2.46. The fourth-order valence-electron chi connectivity index (χ4n) is 3.83. The Bertz CT molecular complexity index is 767. The molecule has 0 spiro atoms. The number of nitrogens with zero attached hydrogens (tertiary/aromatic N) is 3. The van der Waals surface area contributed by atoms with Gasteiger partial charge in [0, 0.05) is 38.3 Å². The molecule has 2 aliphatic rings. The average molecular weight is 527 g/mol. The normalized spacial score (nSPS) is 21.8. The Morgan fingerprint density at radius 3 is 2.53 bits per heavy atom. The minimum atomic E-state index is -0.104. The van der Waals surface area contributed by atoms with Crippen LogP contribution in [0, 0.1) is 5.41 Å². The zero-order valence-electron chi connectivity index (χ0n) is 18.2. The molecule has 3 rings (SSSR count). The third-order valence-electron chi connectivity index (χ3n) is 5.98. The van der Waals surface area contributed by atoms with Crippen LogP contribution in [0.4, 0.5) is 0 Å². The molecule has 7 nitrogen and oxygen atoms in total. The fourth-order valence-corrected chi connectivity index (χ4v) is 3.83. The van der Waals surface area contributed by atoms with Gasteiger partial charge >= 0.3 is 0 Å². The van der Waals surface area contributed by atoms with Crippen molar-refractivity contribution in [1.29, 1.82) is 0 Å². The van der Waals surface area contributed by atoms with Crippen LogP contribution in [0.3, 0.4) is 0 Å². The summed E-state index contributed by atoms with van der Waals surface area (Å²) in [6.07, 6.45) is 2.37. The molecule has 2 saturated heterocycles. The number of amides is 2. The molecule has 30 heavy (non-hydrogen) atoms. The van der Waals surface area contributed by atoms with Gasteiger partial charge in [0.05, 0.1) is 13.1 Å². The molecule has 0 radical (unpaired) electrons. The molecule has 2 heterocycles. The maximum atomic E-state index is 12.6. The summed E-state index contributed by atoms with van der Waals surface area (Å²) in [5.41, 5.74) is 2.03. The first-order valence-electron chi connectivity index (χ1n) is 10.6. The largest absolute Gasteiger partial charge is 0.357 e. The molecular formula is C22H34IN5O2. The van der Waals surface area contributed by atoms with Crippen LogP contribution in [0.1, 0.15) is 49.5 Å². The summed E-state index contributed by atoms with van der Waals surface area (Å²) in [6.45, 7) is 11.4. The van der Waals surface area contributed by atoms with E-state index in [-0.39, 0.29) is 42.3 Å². The van der Waals surface area contributed by atoms with Gasteiger partial charge in [-0.05, 0) is 42.9 Å². The lowest BCUT2D eigenvalue weighted by molar-refractivity contribution is -0.123. The predicted molar refractivity (Wildman–Crippen MR) is 130 cm³/mol. The Hall–Kier alpha value is -1.84. The third kappa shape index (κ3) is 6.09. The van der Waals surface area contributed by atoms with E-state index in [0.717, 1.165) is 31.2 Å². The van der Waals surface area contributed by atoms with Gasteiger partial charge < -0.3 is 20.4 Å². The van der Waals surface area contributed by atoms with Crippen LogP contribution in [0.5, 0.6) is 0 Å². The minimum absolute atomic E-state index is 0. The highest BCUT2D eigenvalue weighted by molar-refractivity contribution is 14.0. The smallest absolute Gasteiger partial charge is 0.254 e. The molecule has 1 atom stereocenters. The maximum absolute atomic E-state index is 12.6. The molecule has 2 N–H and O–H groups in total. The van der Waals surface area contributed by atoms with E-state index in [9.17, 15) is 9.59 Å². The molecule has 166 valence electrons. The Morgan fingerprint density at radius 1 is 1.20 bits per heavy atom. The number of piperazine rings is 1. The zero-order chi connectivity index (χ0) is 20.9. The van der Waals surface area contributed by atoms with Crippen LogP contribution in [-0.2, 0) is 11.3 Å². The van der Waals surface area contributed by atoms with Crippen molar-refractivity contribution in [1.82, 2.24) is 20.4 Å². The Morgan fingerprint density at radius 2 is 1.93 bits per heavy atom. The van der Waals surface area contributed by atoms with E-state index in [1.165, 1.54) is 12.8 Å². The molecule has 0 saturated carbocycles. The van der Waals surface area contributed by atoms with Crippen molar-refractivity contribution in [2.45, 2.75) is 40.2 Å². The molecule has 1 unspecified atom stereocenters. The van der Waals surface area contributed by atoms with Crippen LogP contribution in [0.15, 0.2) is 29.3 Å². The number of nitrogens with one attached hydrogen (secondary N) is 2. The number of hydrogen-bond donors (Lipinski definition) is 2. The van der Waals surface area contributed by atoms with E-state index in [4.69, 9.17) is 4.99 Å². The summed E-state index contributed by atoms with van der Waals surface area (Å²) in [5, 5.41) is 6.15. The minimum Gasteiger partial charge on any atom is -0.357 e. The Balaban J connectivity index is 0.00000320. The highest BCUT2D eigenvalue weighted by Gasteiger charge is 2.33. The van der Waals surface area contributed by atoms with E-state index in [1.807, 2.05) is 24.3 Å². The summed E-state index contributed by atoms with van der Waals surface area (Å²) in [6, 6.07) is 7.56. The van der Waals surface area contributed by atoms with Crippen molar-refractivity contribution in [3.63, 3.8) is 0 Å². The fraction of sp³-hybridized carbons (Fsp3) is 0.591. The van der Waals surface area contributed by atoms with Gasteiger partial charge in [0.25, 0.3) is 5.91 Å².